The van der Waals surface area contributed by atoms with Gasteiger partial charge < -0.3 is 15.2 Å². The fourth-order valence-electron chi connectivity index (χ4n) is 3.11. The van der Waals surface area contributed by atoms with Crippen LogP contribution in [-0.4, -0.2) is 29.9 Å². The highest BCUT2D eigenvalue weighted by atomic mass is 16.5. The molecule has 2 rings (SSSR count). The van der Waals surface area contributed by atoms with E-state index in [-0.39, 0.29) is 18.2 Å². The summed E-state index contributed by atoms with van der Waals surface area (Å²) in [6.45, 7) is 7.33. The molecule has 1 fully saturated rings. The largest absolute Gasteiger partial charge is 0.490 e. The van der Waals surface area contributed by atoms with Crippen LogP contribution in [0.3, 0.4) is 0 Å². The highest BCUT2D eigenvalue weighted by molar-refractivity contribution is 5.33. The molecule has 2 unspecified atom stereocenters. The lowest BCUT2D eigenvalue weighted by Gasteiger charge is -2.28. The molecule has 0 radical (unpaired) electrons. The number of hydrogen-bond acceptors (Lipinski definition) is 3. The molecule has 2 N–H and O–H groups in total. The second kappa shape index (κ2) is 5.93. The molecule has 2 atom stereocenters. The van der Waals surface area contributed by atoms with E-state index < -0.39 is 0 Å². The Balaban J connectivity index is 2.01. The molecular weight excluding hydrogens is 238 g/mol. The van der Waals surface area contributed by atoms with Crippen LogP contribution in [0.5, 0.6) is 5.75 Å². The first-order valence-electron chi connectivity index (χ1n) is 7.18. The van der Waals surface area contributed by atoms with Crippen LogP contribution in [0.25, 0.3) is 0 Å². The van der Waals surface area contributed by atoms with Crippen molar-refractivity contribution < 1.29 is 9.84 Å². The molecule has 1 aromatic rings. The van der Waals surface area contributed by atoms with Gasteiger partial charge in [-0.3, -0.25) is 0 Å². The van der Waals surface area contributed by atoms with Crippen molar-refractivity contribution >= 4 is 0 Å². The van der Waals surface area contributed by atoms with Crippen LogP contribution in [0, 0.1) is 13.8 Å². The Morgan fingerprint density at radius 1 is 1.32 bits per heavy atom. The van der Waals surface area contributed by atoms with Crippen LogP contribution in [0.15, 0.2) is 18.2 Å². The average molecular weight is 263 g/mol. The molecule has 0 aromatic heterocycles. The molecule has 0 aliphatic heterocycles. The van der Waals surface area contributed by atoms with Gasteiger partial charge in [0.1, 0.15) is 11.9 Å². The van der Waals surface area contributed by atoms with E-state index in [0.717, 1.165) is 31.6 Å². The monoisotopic (exact) mass is 263 g/mol. The second-order valence-corrected chi connectivity index (χ2v) is 5.77. The zero-order valence-electron chi connectivity index (χ0n) is 12.2. The normalized spacial score (nSPS) is 26.6. The third-order valence-electron chi connectivity index (χ3n) is 3.92. The first-order chi connectivity index (χ1) is 9.07. The second-order valence-electron chi connectivity index (χ2n) is 5.77. The summed E-state index contributed by atoms with van der Waals surface area (Å²) < 4.78 is 6.09. The minimum atomic E-state index is -0.141. The van der Waals surface area contributed by atoms with E-state index in [4.69, 9.17) is 4.74 Å². The Bertz CT molecular complexity index is 413. The molecule has 0 bridgehead atoms. The number of ether oxygens (including phenoxy) is 1. The Labute approximate surface area is 116 Å². The number of likely N-dealkylation sites (N-methyl/N-ethyl adjacent to an activating group) is 1. The zero-order valence-corrected chi connectivity index (χ0v) is 12.2. The lowest BCUT2D eigenvalue weighted by Crippen LogP contribution is -2.46. The first kappa shape index (κ1) is 14.4. The molecule has 0 saturated heterocycles. The maximum Gasteiger partial charge on any atom is 0.120 e. The number of aliphatic hydroxyl groups excluding tert-OH is 1. The van der Waals surface area contributed by atoms with Crippen molar-refractivity contribution in [3.63, 3.8) is 0 Å². The summed E-state index contributed by atoms with van der Waals surface area (Å²) in [6.07, 6.45) is 3.06. The predicted octanol–water partition coefficient (Wildman–Crippen LogP) is 2.58. The van der Waals surface area contributed by atoms with Crippen LogP contribution < -0.4 is 10.1 Å². The number of rotatable bonds is 5. The number of hydrogen-bond donors (Lipinski definition) is 2. The predicted molar refractivity (Wildman–Crippen MR) is 77.7 cm³/mol. The van der Waals surface area contributed by atoms with Gasteiger partial charge >= 0.3 is 0 Å². The van der Waals surface area contributed by atoms with Crippen LogP contribution in [0.1, 0.15) is 37.3 Å². The third-order valence-corrected chi connectivity index (χ3v) is 3.92. The number of aliphatic hydroxyl groups is 1. The molecule has 3 heteroatoms. The fraction of sp³-hybridized carbons (Fsp3) is 0.625. The first-order valence-corrected chi connectivity index (χ1v) is 7.18. The summed E-state index contributed by atoms with van der Waals surface area (Å²) in [7, 11) is 0. The van der Waals surface area contributed by atoms with Gasteiger partial charge in [-0.15, -0.1) is 0 Å². The van der Waals surface area contributed by atoms with E-state index in [1.807, 2.05) is 0 Å². The molecule has 0 amide bonds. The van der Waals surface area contributed by atoms with Gasteiger partial charge in [0.25, 0.3) is 0 Å². The van der Waals surface area contributed by atoms with Crippen molar-refractivity contribution in [2.24, 2.45) is 0 Å². The molecular formula is C16H25NO2. The van der Waals surface area contributed by atoms with E-state index in [0.29, 0.717) is 0 Å². The van der Waals surface area contributed by atoms with Gasteiger partial charge in [0, 0.05) is 12.0 Å². The summed E-state index contributed by atoms with van der Waals surface area (Å²) >= 11 is 0. The minimum absolute atomic E-state index is 0.141. The lowest BCUT2D eigenvalue weighted by molar-refractivity contribution is 0.142. The molecule has 1 aliphatic carbocycles. The van der Waals surface area contributed by atoms with Crippen LogP contribution >= 0.6 is 0 Å². The SMILES string of the molecule is CCNC1(CO)CCC(Oc2cc(C)cc(C)c2)C1. The summed E-state index contributed by atoms with van der Waals surface area (Å²) in [5.41, 5.74) is 2.32. The van der Waals surface area contributed by atoms with Crippen LogP contribution in [0.2, 0.25) is 0 Å². The highest BCUT2D eigenvalue weighted by Crippen LogP contribution is 2.33. The van der Waals surface area contributed by atoms with Crippen molar-refractivity contribution in [3.05, 3.63) is 29.3 Å². The van der Waals surface area contributed by atoms with Gasteiger partial charge in [-0.2, -0.15) is 0 Å². The maximum atomic E-state index is 9.60. The third kappa shape index (κ3) is 3.48. The Morgan fingerprint density at radius 2 is 2.00 bits per heavy atom. The van der Waals surface area contributed by atoms with E-state index >= 15 is 0 Å². The standard InChI is InChI=1S/C16H25NO2/c1-4-17-16(11-18)6-5-14(10-16)19-15-8-12(2)7-13(3)9-15/h7-9,14,17-18H,4-6,10-11H2,1-3H3. The van der Waals surface area contributed by atoms with Gasteiger partial charge in [-0.1, -0.05) is 13.0 Å². The molecule has 1 aliphatic rings. The summed E-state index contributed by atoms with van der Waals surface area (Å²) in [5.74, 6) is 0.952. The van der Waals surface area contributed by atoms with Crippen molar-refractivity contribution in [2.75, 3.05) is 13.2 Å². The number of aryl methyl sites for hydroxylation is 2. The topological polar surface area (TPSA) is 41.5 Å². The highest BCUT2D eigenvalue weighted by Gasteiger charge is 2.39. The van der Waals surface area contributed by atoms with E-state index in [2.05, 4.69) is 44.3 Å². The smallest absolute Gasteiger partial charge is 0.120 e. The van der Waals surface area contributed by atoms with Crippen LogP contribution in [0.4, 0.5) is 0 Å². The lowest BCUT2D eigenvalue weighted by atomic mass is 9.99. The molecule has 3 nitrogen and oxygen atoms in total. The molecule has 0 spiro atoms. The van der Waals surface area contributed by atoms with Crippen molar-refractivity contribution in [1.29, 1.82) is 0 Å². The maximum absolute atomic E-state index is 9.60. The number of benzene rings is 1. The molecule has 1 saturated carbocycles. The van der Waals surface area contributed by atoms with Crippen molar-refractivity contribution in [2.45, 2.75) is 51.7 Å². The van der Waals surface area contributed by atoms with E-state index in [1.165, 1.54) is 11.1 Å². The van der Waals surface area contributed by atoms with Crippen molar-refractivity contribution in [1.82, 2.24) is 5.32 Å². The zero-order chi connectivity index (χ0) is 13.9. The Morgan fingerprint density at radius 3 is 2.58 bits per heavy atom. The average Bonchev–Trinajstić information content (AvgIpc) is 2.72. The summed E-state index contributed by atoms with van der Waals surface area (Å²) in [6, 6.07) is 6.32. The quantitative estimate of drug-likeness (QED) is 0.858. The molecule has 1 aromatic carbocycles. The summed E-state index contributed by atoms with van der Waals surface area (Å²) in [5, 5.41) is 13.0. The van der Waals surface area contributed by atoms with Gasteiger partial charge in [0.15, 0.2) is 0 Å². The molecule has 106 valence electrons. The molecule has 0 heterocycles. The molecule has 19 heavy (non-hydrogen) atoms. The Kier molecular flexibility index (Phi) is 4.48. The number of nitrogens with one attached hydrogen (secondary N) is 1. The van der Waals surface area contributed by atoms with E-state index in [9.17, 15) is 5.11 Å². The summed E-state index contributed by atoms with van der Waals surface area (Å²) in [4.78, 5) is 0. The van der Waals surface area contributed by atoms with E-state index in [1.54, 1.807) is 0 Å². The van der Waals surface area contributed by atoms with Gasteiger partial charge in [0.05, 0.1) is 6.61 Å². The van der Waals surface area contributed by atoms with Gasteiger partial charge in [-0.25, -0.2) is 0 Å². The fourth-order valence-corrected chi connectivity index (χ4v) is 3.11. The van der Waals surface area contributed by atoms with Gasteiger partial charge in [0.2, 0.25) is 0 Å². The Hall–Kier alpha value is -1.06. The van der Waals surface area contributed by atoms with Crippen molar-refractivity contribution in [3.8, 4) is 5.75 Å². The minimum Gasteiger partial charge on any atom is -0.490 e. The van der Waals surface area contributed by atoms with Gasteiger partial charge in [-0.05, 0) is 56.5 Å². The van der Waals surface area contributed by atoms with Crippen LogP contribution in [-0.2, 0) is 0 Å².